The number of benzene rings is 9. The van der Waals surface area contributed by atoms with Crippen molar-refractivity contribution in [3.05, 3.63) is 229 Å². The van der Waals surface area contributed by atoms with Gasteiger partial charge < -0.3 is 0 Å². The van der Waals surface area contributed by atoms with Crippen LogP contribution in [-0.2, 0) is 0 Å². The summed E-state index contributed by atoms with van der Waals surface area (Å²) in [5, 5.41) is 4.93. The Morgan fingerprint density at radius 1 is 0.222 bits per heavy atom. The van der Waals surface area contributed by atoms with E-state index in [-0.39, 0.29) is 0 Å². The Morgan fingerprint density at radius 3 is 0.889 bits per heavy atom. The van der Waals surface area contributed by atoms with Crippen LogP contribution in [0.15, 0.2) is 206 Å². The molecule has 0 atom stereocenters. The molecule has 0 heterocycles. The Balaban J connectivity index is 1.34. The number of rotatable bonds is 8. The average Bonchev–Trinajstić information content (AvgIpc) is 3.25. The molecule has 0 aliphatic carbocycles. The maximum absolute atomic E-state index is 2.31. The smallest absolute Gasteiger partial charge is 0.00199 e. The third-order valence-corrected chi connectivity index (χ3v) is 10.3. The van der Waals surface area contributed by atoms with Gasteiger partial charge in [0.15, 0.2) is 0 Å². The molecule has 9 rings (SSSR count). The van der Waals surface area contributed by atoms with Gasteiger partial charge in [0.05, 0.1) is 0 Å². The largest absolute Gasteiger partial charge is 0.0622 e. The second-order valence-corrected chi connectivity index (χ2v) is 13.6. The summed E-state index contributed by atoms with van der Waals surface area (Å²) < 4.78 is 0. The van der Waals surface area contributed by atoms with Gasteiger partial charge in [0, 0.05) is 0 Å². The summed E-state index contributed by atoms with van der Waals surface area (Å²) >= 11 is 0. The molecule has 0 saturated heterocycles. The van der Waals surface area contributed by atoms with Crippen LogP contribution in [0.25, 0.3) is 90.4 Å². The van der Waals surface area contributed by atoms with Crippen LogP contribution in [0.1, 0.15) is 22.3 Å². The van der Waals surface area contributed by atoms with Crippen LogP contribution in [0.5, 0.6) is 0 Å². The normalized spacial score (nSPS) is 11.6. The zero-order valence-electron chi connectivity index (χ0n) is 29.9. The summed E-state index contributed by atoms with van der Waals surface area (Å²) in [6.07, 6.45) is 8.96. The van der Waals surface area contributed by atoms with Crippen molar-refractivity contribution in [2.45, 2.75) is 0 Å². The molecule has 54 heavy (non-hydrogen) atoms. The van der Waals surface area contributed by atoms with Crippen molar-refractivity contribution >= 4 is 45.8 Å². The molecule has 0 saturated carbocycles. The van der Waals surface area contributed by atoms with Crippen LogP contribution in [-0.4, -0.2) is 0 Å². The van der Waals surface area contributed by atoms with Gasteiger partial charge in [-0.25, -0.2) is 0 Å². The SMILES string of the molecule is C(=C\c1cccc(-c2c3ccccc3c(-c3cccc(/C=C/c4ccccc4)c3-c3ccccc3)c3ccccc23)c1-c1ccccc1)/c1ccccc1. The molecule has 0 amide bonds. The van der Waals surface area contributed by atoms with E-state index in [2.05, 4.69) is 231 Å². The molecule has 9 aromatic rings. The summed E-state index contributed by atoms with van der Waals surface area (Å²) in [4.78, 5) is 0. The first kappa shape index (κ1) is 32.9. The molecule has 0 N–H and O–H groups in total. The predicted molar refractivity (Wildman–Crippen MR) is 234 cm³/mol. The fourth-order valence-electron chi connectivity index (χ4n) is 7.90. The van der Waals surface area contributed by atoms with Crippen molar-refractivity contribution in [1.82, 2.24) is 0 Å². The highest BCUT2D eigenvalue weighted by Gasteiger charge is 2.22. The fraction of sp³-hybridized carbons (Fsp3) is 0. The molecule has 0 unspecified atom stereocenters. The van der Waals surface area contributed by atoms with Crippen molar-refractivity contribution in [2.75, 3.05) is 0 Å². The van der Waals surface area contributed by atoms with Crippen molar-refractivity contribution in [3.8, 4) is 44.5 Å². The highest BCUT2D eigenvalue weighted by Crippen LogP contribution is 2.49. The standard InChI is InChI=1S/C54H38/c1-5-19-39(20-6-1)35-37-43-27-17-33-49(51(43)41-23-9-3-10-24-41)53-45-29-13-15-31-47(45)54(48-32-16-14-30-46(48)53)50-34-18-28-44(38-36-40-21-7-2-8-22-40)52(50)42-25-11-4-12-26-42/h1-38H/b37-35+,38-36+. The molecule has 0 bridgehead atoms. The quantitative estimate of drug-likeness (QED) is 0.110. The van der Waals surface area contributed by atoms with Gasteiger partial charge in [0.1, 0.15) is 0 Å². The van der Waals surface area contributed by atoms with Crippen LogP contribution >= 0.6 is 0 Å². The maximum Gasteiger partial charge on any atom is -0.00199 e. The van der Waals surface area contributed by atoms with Crippen LogP contribution < -0.4 is 0 Å². The number of hydrogen-bond donors (Lipinski definition) is 0. The first-order valence-corrected chi connectivity index (χ1v) is 18.6. The first-order valence-electron chi connectivity index (χ1n) is 18.6. The van der Waals surface area contributed by atoms with Crippen molar-refractivity contribution in [1.29, 1.82) is 0 Å². The van der Waals surface area contributed by atoms with Gasteiger partial charge in [-0.05, 0) is 88.3 Å². The lowest BCUT2D eigenvalue weighted by molar-refractivity contribution is 1.57. The zero-order chi connectivity index (χ0) is 36.1. The van der Waals surface area contributed by atoms with E-state index in [9.17, 15) is 0 Å². The lowest BCUT2D eigenvalue weighted by Gasteiger charge is -2.22. The van der Waals surface area contributed by atoms with Crippen LogP contribution in [0, 0.1) is 0 Å². The fourth-order valence-corrected chi connectivity index (χ4v) is 7.90. The minimum Gasteiger partial charge on any atom is -0.0622 e. The van der Waals surface area contributed by atoms with Gasteiger partial charge in [-0.15, -0.1) is 0 Å². The molecule has 0 nitrogen and oxygen atoms in total. The van der Waals surface area contributed by atoms with Gasteiger partial charge >= 0.3 is 0 Å². The molecule has 254 valence electrons. The van der Waals surface area contributed by atoms with E-state index in [1.54, 1.807) is 0 Å². The summed E-state index contributed by atoms with van der Waals surface area (Å²) in [5.74, 6) is 0. The topological polar surface area (TPSA) is 0 Å². The lowest BCUT2D eigenvalue weighted by atomic mass is 9.80. The van der Waals surface area contributed by atoms with Crippen LogP contribution in [0.2, 0.25) is 0 Å². The highest BCUT2D eigenvalue weighted by atomic mass is 14.2. The minimum atomic E-state index is 1.18. The molecule has 0 fully saturated rings. The molecule has 0 radical (unpaired) electrons. The Labute approximate surface area is 317 Å². The second-order valence-electron chi connectivity index (χ2n) is 13.6. The molecular weight excluding hydrogens is 649 g/mol. The van der Waals surface area contributed by atoms with E-state index in [1.807, 2.05) is 0 Å². The van der Waals surface area contributed by atoms with Gasteiger partial charge in [0.25, 0.3) is 0 Å². The number of fused-ring (bicyclic) bond motifs is 2. The van der Waals surface area contributed by atoms with Crippen molar-refractivity contribution < 1.29 is 0 Å². The molecule has 0 aromatic heterocycles. The Kier molecular flexibility index (Phi) is 9.07. The van der Waals surface area contributed by atoms with E-state index in [1.165, 1.54) is 88.3 Å². The summed E-state index contributed by atoms with van der Waals surface area (Å²) in [6.45, 7) is 0. The van der Waals surface area contributed by atoms with Gasteiger partial charge in [-0.1, -0.05) is 231 Å². The van der Waals surface area contributed by atoms with E-state index in [0.717, 1.165) is 0 Å². The van der Waals surface area contributed by atoms with Gasteiger partial charge in [-0.2, -0.15) is 0 Å². The summed E-state index contributed by atoms with van der Waals surface area (Å²) in [6, 6.07) is 74.3. The van der Waals surface area contributed by atoms with E-state index in [0.29, 0.717) is 0 Å². The Morgan fingerprint density at radius 2 is 0.537 bits per heavy atom. The second kappa shape index (κ2) is 14.9. The third kappa shape index (κ3) is 6.36. The number of hydrogen-bond acceptors (Lipinski definition) is 0. The van der Waals surface area contributed by atoms with Gasteiger partial charge in [0.2, 0.25) is 0 Å². The molecule has 0 aliphatic heterocycles. The predicted octanol–water partition coefficient (Wildman–Crippen LogP) is 15.0. The van der Waals surface area contributed by atoms with E-state index in [4.69, 9.17) is 0 Å². The van der Waals surface area contributed by atoms with Crippen LogP contribution in [0.3, 0.4) is 0 Å². The first-order chi connectivity index (χ1) is 26.8. The van der Waals surface area contributed by atoms with E-state index < -0.39 is 0 Å². The van der Waals surface area contributed by atoms with Crippen LogP contribution in [0.4, 0.5) is 0 Å². The van der Waals surface area contributed by atoms with E-state index >= 15 is 0 Å². The summed E-state index contributed by atoms with van der Waals surface area (Å²) in [5.41, 5.74) is 14.5. The molecule has 0 heteroatoms. The van der Waals surface area contributed by atoms with Crippen molar-refractivity contribution in [2.24, 2.45) is 0 Å². The monoisotopic (exact) mass is 686 g/mol. The third-order valence-electron chi connectivity index (χ3n) is 10.3. The Bertz CT molecular complexity index is 2520. The molecular formula is C54H38. The van der Waals surface area contributed by atoms with Crippen molar-refractivity contribution in [3.63, 3.8) is 0 Å². The molecule has 0 aliphatic rings. The highest BCUT2D eigenvalue weighted by molar-refractivity contribution is 6.24. The summed E-state index contributed by atoms with van der Waals surface area (Å²) in [7, 11) is 0. The zero-order valence-corrected chi connectivity index (χ0v) is 29.9. The minimum absolute atomic E-state index is 1.18. The average molecular weight is 687 g/mol. The maximum atomic E-state index is 2.31. The molecule has 9 aromatic carbocycles. The molecule has 0 spiro atoms. The Hall–Kier alpha value is -7.02. The van der Waals surface area contributed by atoms with Gasteiger partial charge in [-0.3, -0.25) is 0 Å². The lowest BCUT2D eigenvalue weighted by Crippen LogP contribution is -1.96.